The average molecular weight is 306 g/mol. The number of carboxylic acids is 1. The predicted molar refractivity (Wildman–Crippen MR) is 79.4 cm³/mol. The second-order valence-corrected chi connectivity index (χ2v) is 5.98. The molecule has 3 rings (SSSR count). The molecule has 0 radical (unpaired) electrons. The molecule has 102 valence electrons. The summed E-state index contributed by atoms with van der Waals surface area (Å²) in [5.74, 6) is -1.35. The van der Waals surface area contributed by atoms with Crippen LogP contribution in [0.3, 0.4) is 0 Å². The molecule has 2 heterocycles. The number of hydrogen-bond donors (Lipinski definition) is 2. The van der Waals surface area contributed by atoms with Gasteiger partial charge in [-0.15, -0.1) is 23.1 Å². The number of aromatic hydroxyl groups is 1. The zero-order valence-electron chi connectivity index (χ0n) is 10.4. The summed E-state index contributed by atoms with van der Waals surface area (Å²) < 4.78 is 1.77. The molecule has 0 unspecified atom stereocenters. The smallest absolute Gasteiger partial charge is 0.349 e. The van der Waals surface area contributed by atoms with E-state index in [1.165, 1.54) is 6.07 Å². The summed E-state index contributed by atoms with van der Waals surface area (Å²) in [7, 11) is 0. The van der Waals surface area contributed by atoms with Crippen molar-refractivity contribution in [1.82, 2.24) is 9.55 Å². The molecule has 2 aromatic heterocycles. The highest BCUT2D eigenvalue weighted by Crippen LogP contribution is 2.33. The van der Waals surface area contributed by atoms with E-state index >= 15 is 0 Å². The summed E-state index contributed by atoms with van der Waals surface area (Å²) in [6.07, 6.45) is 3.63. The van der Waals surface area contributed by atoms with Crippen LogP contribution in [-0.2, 0) is 0 Å². The van der Waals surface area contributed by atoms with Gasteiger partial charge in [-0.2, -0.15) is 0 Å². The molecule has 0 saturated heterocycles. The van der Waals surface area contributed by atoms with Gasteiger partial charge >= 0.3 is 5.97 Å². The van der Waals surface area contributed by atoms with Crippen LogP contribution < -0.4 is 0 Å². The third kappa shape index (κ3) is 2.04. The van der Waals surface area contributed by atoms with E-state index in [4.69, 9.17) is 5.11 Å². The van der Waals surface area contributed by atoms with Crippen LogP contribution in [0.15, 0.2) is 35.5 Å². The van der Waals surface area contributed by atoms with Crippen molar-refractivity contribution >= 4 is 40.1 Å². The lowest BCUT2D eigenvalue weighted by molar-refractivity contribution is 0.0699. The van der Waals surface area contributed by atoms with Gasteiger partial charge in [0.1, 0.15) is 17.1 Å². The summed E-state index contributed by atoms with van der Waals surface area (Å²) in [4.78, 5) is 16.3. The second-order valence-electron chi connectivity index (χ2n) is 4.07. The van der Waals surface area contributed by atoms with E-state index < -0.39 is 5.97 Å². The van der Waals surface area contributed by atoms with Crippen LogP contribution in [0, 0.1) is 0 Å². The summed E-state index contributed by atoms with van der Waals surface area (Å²) >= 11 is 2.65. The second kappa shape index (κ2) is 4.84. The molecule has 3 aromatic rings. The van der Waals surface area contributed by atoms with E-state index in [9.17, 15) is 9.90 Å². The number of carboxylic acid groups (broad SMARTS) is 1. The lowest BCUT2D eigenvalue weighted by Gasteiger charge is -2.00. The Morgan fingerprint density at radius 3 is 2.85 bits per heavy atom. The quantitative estimate of drug-likeness (QED) is 0.727. The monoisotopic (exact) mass is 306 g/mol. The van der Waals surface area contributed by atoms with E-state index in [0.717, 1.165) is 27.3 Å². The van der Waals surface area contributed by atoms with Gasteiger partial charge in [-0.05, 0) is 24.5 Å². The number of rotatable bonds is 3. The number of imidazole rings is 1. The van der Waals surface area contributed by atoms with Gasteiger partial charge in [0.2, 0.25) is 0 Å². The van der Waals surface area contributed by atoms with E-state index in [-0.39, 0.29) is 10.6 Å². The van der Waals surface area contributed by atoms with E-state index in [2.05, 4.69) is 4.98 Å². The van der Waals surface area contributed by atoms with Crippen LogP contribution in [0.5, 0.6) is 5.75 Å². The fraction of sp³-hybridized carbons (Fsp3) is 0.0769. The largest absolute Gasteiger partial charge is 0.506 e. The summed E-state index contributed by atoms with van der Waals surface area (Å²) in [5, 5.41) is 19.3. The standard InChI is InChI=1S/C13H10N2O3S2/c1-19-7-2-3-9-8(4-7)14-6-15(9)11-5-10(16)12(20-11)13(17)18/h2-6,16H,1H3,(H,17,18). The van der Waals surface area contributed by atoms with Crippen LogP contribution in [-0.4, -0.2) is 32.0 Å². The number of thioether (sulfide) groups is 1. The number of aromatic carboxylic acids is 1. The minimum absolute atomic E-state index is 0.0671. The molecule has 7 heteroatoms. The van der Waals surface area contributed by atoms with Gasteiger partial charge in [0, 0.05) is 11.0 Å². The molecular weight excluding hydrogens is 296 g/mol. The molecule has 0 fully saturated rings. The maximum Gasteiger partial charge on any atom is 0.349 e. The van der Waals surface area contributed by atoms with Crippen molar-refractivity contribution in [2.75, 3.05) is 6.26 Å². The first-order chi connectivity index (χ1) is 9.60. The van der Waals surface area contributed by atoms with Gasteiger partial charge < -0.3 is 10.2 Å². The SMILES string of the molecule is CSc1ccc2c(c1)ncn2-c1cc(O)c(C(=O)O)s1. The van der Waals surface area contributed by atoms with Crippen molar-refractivity contribution in [3.63, 3.8) is 0 Å². The minimum Gasteiger partial charge on any atom is -0.506 e. The predicted octanol–water partition coefficient (Wildman–Crippen LogP) is 3.21. The Morgan fingerprint density at radius 1 is 1.40 bits per heavy atom. The normalized spacial score (nSPS) is 11.1. The molecular formula is C13H10N2O3S2. The maximum atomic E-state index is 11.0. The zero-order valence-corrected chi connectivity index (χ0v) is 12.0. The minimum atomic E-state index is -1.13. The lowest BCUT2D eigenvalue weighted by atomic mass is 10.3. The van der Waals surface area contributed by atoms with Gasteiger partial charge in [0.15, 0.2) is 4.88 Å². The molecule has 0 aliphatic carbocycles. The number of carbonyl (C=O) groups is 1. The Bertz CT molecular complexity index is 807. The molecule has 0 amide bonds. The topological polar surface area (TPSA) is 75.3 Å². The first-order valence-corrected chi connectivity index (χ1v) is 7.72. The van der Waals surface area contributed by atoms with Crippen molar-refractivity contribution in [3.05, 3.63) is 35.5 Å². The van der Waals surface area contributed by atoms with Crippen LogP contribution >= 0.6 is 23.1 Å². The van der Waals surface area contributed by atoms with Gasteiger partial charge in [-0.25, -0.2) is 9.78 Å². The number of aromatic nitrogens is 2. The van der Waals surface area contributed by atoms with E-state index in [1.807, 2.05) is 24.5 Å². The lowest BCUT2D eigenvalue weighted by Crippen LogP contribution is -1.91. The fourth-order valence-corrected chi connectivity index (χ4v) is 3.24. The number of benzene rings is 1. The third-order valence-electron chi connectivity index (χ3n) is 2.89. The molecule has 2 N–H and O–H groups in total. The molecule has 0 atom stereocenters. The van der Waals surface area contributed by atoms with Crippen LogP contribution in [0.4, 0.5) is 0 Å². The van der Waals surface area contributed by atoms with Gasteiger partial charge in [-0.1, -0.05) is 0 Å². The number of hydrogen-bond acceptors (Lipinski definition) is 5. The highest BCUT2D eigenvalue weighted by Gasteiger charge is 2.16. The Morgan fingerprint density at radius 2 is 2.20 bits per heavy atom. The van der Waals surface area contributed by atoms with Crippen LogP contribution in [0.1, 0.15) is 9.67 Å². The first-order valence-electron chi connectivity index (χ1n) is 5.67. The van der Waals surface area contributed by atoms with Gasteiger partial charge in [0.05, 0.1) is 11.0 Å². The zero-order chi connectivity index (χ0) is 14.3. The summed E-state index contributed by atoms with van der Waals surface area (Å²) in [6.45, 7) is 0. The Labute approximate surface area is 122 Å². The Kier molecular flexibility index (Phi) is 3.15. The number of nitrogens with zero attached hydrogens (tertiary/aromatic N) is 2. The van der Waals surface area contributed by atoms with Crippen LogP contribution in [0.2, 0.25) is 0 Å². The molecule has 0 bridgehead atoms. The van der Waals surface area contributed by atoms with E-state index in [0.29, 0.717) is 5.00 Å². The van der Waals surface area contributed by atoms with Crippen molar-refractivity contribution in [2.24, 2.45) is 0 Å². The average Bonchev–Trinajstić information content (AvgIpc) is 3.01. The molecule has 0 aliphatic rings. The highest BCUT2D eigenvalue weighted by atomic mass is 32.2. The first kappa shape index (κ1) is 13.0. The molecule has 5 nitrogen and oxygen atoms in total. The van der Waals surface area contributed by atoms with Crippen molar-refractivity contribution in [1.29, 1.82) is 0 Å². The van der Waals surface area contributed by atoms with Crippen molar-refractivity contribution < 1.29 is 15.0 Å². The maximum absolute atomic E-state index is 11.0. The van der Waals surface area contributed by atoms with Crippen molar-refractivity contribution in [3.8, 4) is 10.8 Å². The third-order valence-corrected chi connectivity index (χ3v) is 4.72. The Hall–Kier alpha value is -1.99. The molecule has 20 heavy (non-hydrogen) atoms. The molecule has 1 aromatic carbocycles. The Balaban J connectivity index is 2.15. The van der Waals surface area contributed by atoms with Crippen molar-refractivity contribution in [2.45, 2.75) is 4.90 Å². The van der Waals surface area contributed by atoms with Crippen LogP contribution in [0.25, 0.3) is 16.0 Å². The summed E-state index contributed by atoms with van der Waals surface area (Å²) in [6, 6.07) is 7.34. The summed E-state index contributed by atoms with van der Waals surface area (Å²) in [5.41, 5.74) is 1.71. The number of thiophene rings is 1. The van der Waals surface area contributed by atoms with Gasteiger partial charge in [0.25, 0.3) is 0 Å². The molecule has 0 saturated carbocycles. The fourth-order valence-electron chi connectivity index (χ4n) is 1.94. The van der Waals surface area contributed by atoms with Gasteiger partial charge in [-0.3, -0.25) is 4.57 Å². The molecule has 0 aliphatic heterocycles. The number of fused-ring (bicyclic) bond motifs is 1. The van der Waals surface area contributed by atoms with E-state index in [1.54, 1.807) is 22.7 Å². The molecule has 0 spiro atoms. The highest BCUT2D eigenvalue weighted by molar-refractivity contribution is 7.98.